The molecule has 0 aromatic carbocycles. The van der Waals surface area contributed by atoms with Crippen molar-refractivity contribution in [3.05, 3.63) is 0 Å². The minimum atomic E-state index is 0. The normalized spacial score (nSPS) is 16.1. The van der Waals surface area contributed by atoms with Gasteiger partial charge in [0.1, 0.15) is 0 Å². The lowest BCUT2D eigenvalue weighted by molar-refractivity contribution is -0.120. The van der Waals surface area contributed by atoms with Crippen molar-refractivity contribution in [1.82, 2.24) is 10.6 Å². The van der Waals surface area contributed by atoms with Gasteiger partial charge in [0.15, 0.2) is 0 Å². The molecule has 108 valence electrons. The van der Waals surface area contributed by atoms with Crippen LogP contribution in [0.15, 0.2) is 0 Å². The summed E-state index contributed by atoms with van der Waals surface area (Å²) < 4.78 is 10.2. The van der Waals surface area contributed by atoms with Gasteiger partial charge in [-0.2, -0.15) is 0 Å². The summed E-state index contributed by atoms with van der Waals surface area (Å²) in [6.07, 6.45) is 3.32. The number of hydrogen-bond acceptors (Lipinski definition) is 4. The number of halogens is 1. The Morgan fingerprint density at radius 2 is 2.06 bits per heavy atom. The molecule has 0 aromatic heterocycles. The van der Waals surface area contributed by atoms with E-state index in [-0.39, 0.29) is 18.3 Å². The van der Waals surface area contributed by atoms with Gasteiger partial charge >= 0.3 is 0 Å². The van der Waals surface area contributed by atoms with Crippen molar-refractivity contribution in [2.45, 2.75) is 19.3 Å². The van der Waals surface area contributed by atoms with Gasteiger partial charge in [-0.25, -0.2) is 0 Å². The SMILES string of the molecule is COCCNCC(=O)NCCC1CCOCC1.Cl. The first-order valence-electron chi connectivity index (χ1n) is 6.37. The van der Waals surface area contributed by atoms with Gasteiger partial charge in [-0.15, -0.1) is 12.4 Å². The van der Waals surface area contributed by atoms with E-state index in [1.54, 1.807) is 7.11 Å². The third-order valence-electron chi connectivity index (χ3n) is 2.98. The molecule has 0 saturated carbocycles. The quantitative estimate of drug-likeness (QED) is 0.639. The lowest BCUT2D eigenvalue weighted by atomic mass is 9.97. The van der Waals surface area contributed by atoms with Crippen LogP contribution >= 0.6 is 12.4 Å². The Balaban J connectivity index is 0.00000289. The number of nitrogens with one attached hydrogen (secondary N) is 2. The molecule has 0 atom stereocenters. The van der Waals surface area contributed by atoms with Gasteiger partial charge in [0.05, 0.1) is 13.2 Å². The molecule has 0 aromatic rings. The molecule has 1 heterocycles. The van der Waals surface area contributed by atoms with Gasteiger partial charge in [-0.1, -0.05) is 0 Å². The molecule has 6 heteroatoms. The van der Waals surface area contributed by atoms with Crippen molar-refractivity contribution in [3.8, 4) is 0 Å². The van der Waals surface area contributed by atoms with E-state index < -0.39 is 0 Å². The molecular formula is C12H25ClN2O3. The van der Waals surface area contributed by atoms with Crippen molar-refractivity contribution in [1.29, 1.82) is 0 Å². The maximum absolute atomic E-state index is 11.4. The maximum atomic E-state index is 11.4. The predicted octanol–water partition coefficient (Wildman–Crippen LogP) is 0.577. The smallest absolute Gasteiger partial charge is 0.233 e. The summed E-state index contributed by atoms with van der Waals surface area (Å²) in [7, 11) is 1.65. The Labute approximate surface area is 115 Å². The van der Waals surface area contributed by atoms with Crippen molar-refractivity contribution in [2.75, 3.05) is 46.6 Å². The number of rotatable bonds is 8. The highest BCUT2D eigenvalue weighted by Crippen LogP contribution is 2.17. The van der Waals surface area contributed by atoms with Crippen LogP contribution in [0, 0.1) is 5.92 Å². The van der Waals surface area contributed by atoms with E-state index >= 15 is 0 Å². The number of carbonyl (C=O) groups excluding carboxylic acids is 1. The first kappa shape index (κ1) is 17.6. The van der Waals surface area contributed by atoms with Gasteiger partial charge < -0.3 is 20.1 Å². The highest BCUT2D eigenvalue weighted by Gasteiger charge is 2.13. The molecule has 18 heavy (non-hydrogen) atoms. The zero-order valence-electron chi connectivity index (χ0n) is 11.1. The Bertz CT molecular complexity index is 211. The van der Waals surface area contributed by atoms with Crippen LogP contribution in [-0.4, -0.2) is 52.5 Å². The zero-order valence-corrected chi connectivity index (χ0v) is 11.9. The minimum absolute atomic E-state index is 0. The van der Waals surface area contributed by atoms with Crippen molar-refractivity contribution >= 4 is 18.3 Å². The van der Waals surface area contributed by atoms with E-state index in [0.717, 1.165) is 39.0 Å². The van der Waals surface area contributed by atoms with Gasteiger partial charge in [-0.3, -0.25) is 4.79 Å². The summed E-state index contributed by atoms with van der Waals surface area (Å²) >= 11 is 0. The van der Waals surface area contributed by atoms with Crippen LogP contribution in [-0.2, 0) is 14.3 Å². The van der Waals surface area contributed by atoms with Crippen molar-refractivity contribution in [2.24, 2.45) is 5.92 Å². The largest absolute Gasteiger partial charge is 0.383 e. The fraction of sp³-hybridized carbons (Fsp3) is 0.917. The number of carbonyl (C=O) groups is 1. The molecular weight excluding hydrogens is 256 g/mol. The van der Waals surface area contributed by atoms with E-state index in [1.165, 1.54) is 0 Å². The van der Waals surface area contributed by atoms with Crippen LogP contribution < -0.4 is 10.6 Å². The van der Waals surface area contributed by atoms with Crippen molar-refractivity contribution in [3.63, 3.8) is 0 Å². The molecule has 1 rings (SSSR count). The van der Waals surface area contributed by atoms with E-state index in [1.807, 2.05) is 0 Å². The van der Waals surface area contributed by atoms with Crippen LogP contribution in [0.4, 0.5) is 0 Å². The van der Waals surface area contributed by atoms with Crippen LogP contribution in [0.3, 0.4) is 0 Å². The Morgan fingerprint density at radius 3 is 2.72 bits per heavy atom. The highest BCUT2D eigenvalue weighted by atomic mass is 35.5. The molecule has 1 fully saturated rings. The molecule has 2 N–H and O–H groups in total. The lowest BCUT2D eigenvalue weighted by Gasteiger charge is -2.21. The number of ether oxygens (including phenoxy) is 2. The minimum Gasteiger partial charge on any atom is -0.383 e. The molecule has 1 aliphatic heterocycles. The van der Waals surface area contributed by atoms with Crippen LogP contribution in [0.5, 0.6) is 0 Å². The Kier molecular flexibility index (Phi) is 11.5. The Hall–Kier alpha value is -0.360. The molecule has 0 bridgehead atoms. The molecule has 0 unspecified atom stereocenters. The van der Waals surface area contributed by atoms with Gasteiger partial charge in [0.25, 0.3) is 0 Å². The monoisotopic (exact) mass is 280 g/mol. The third kappa shape index (κ3) is 8.69. The molecule has 1 amide bonds. The molecule has 1 saturated heterocycles. The van der Waals surface area contributed by atoms with E-state index in [4.69, 9.17) is 9.47 Å². The number of hydrogen-bond donors (Lipinski definition) is 2. The summed E-state index contributed by atoms with van der Waals surface area (Å²) in [5.41, 5.74) is 0. The summed E-state index contributed by atoms with van der Waals surface area (Å²) in [5, 5.41) is 5.94. The van der Waals surface area contributed by atoms with Crippen LogP contribution in [0.1, 0.15) is 19.3 Å². The van der Waals surface area contributed by atoms with Crippen LogP contribution in [0.2, 0.25) is 0 Å². The third-order valence-corrected chi connectivity index (χ3v) is 2.98. The maximum Gasteiger partial charge on any atom is 0.233 e. The second-order valence-corrected chi connectivity index (χ2v) is 4.36. The van der Waals surface area contributed by atoms with E-state index in [2.05, 4.69) is 10.6 Å². The lowest BCUT2D eigenvalue weighted by Crippen LogP contribution is -2.36. The second-order valence-electron chi connectivity index (χ2n) is 4.36. The number of methoxy groups -OCH3 is 1. The molecule has 5 nitrogen and oxygen atoms in total. The van der Waals surface area contributed by atoms with E-state index in [0.29, 0.717) is 25.6 Å². The Morgan fingerprint density at radius 1 is 1.33 bits per heavy atom. The summed E-state index contributed by atoms with van der Waals surface area (Å²) in [6, 6.07) is 0. The van der Waals surface area contributed by atoms with Crippen molar-refractivity contribution < 1.29 is 14.3 Å². The van der Waals surface area contributed by atoms with Gasteiger partial charge in [0.2, 0.25) is 5.91 Å². The fourth-order valence-electron chi connectivity index (χ4n) is 1.89. The van der Waals surface area contributed by atoms with Crippen LogP contribution in [0.25, 0.3) is 0 Å². The standard InChI is InChI=1S/C12H24N2O3.ClH/c1-16-9-6-13-10-12(15)14-5-2-11-3-7-17-8-4-11;/h11,13H,2-10H2,1H3,(H,14,15);1H. The molecule has 0 spiro atoms. The van der Waals surface area contributed by atoms with Gasteiger partial charge in [-0.05, 0) is 25.2 Å². The molecule has 0 radical (unpaired) electrons. The summed E-state index contributed by atoms with van der Waals surface area (Å²) in [5.74, 6) is 0.777. The predicted molar refractivity (Wildman–Crippen MR) is 73.2 cm³/mol. The average Bonchev–Trinajstić information content (AvgIpc) is 2.36. The molecule has 1 aliphatic rings. The second kappa shape index (κ2) is 11.7. The summed E-state index contributed by atoms with van der Waals surface area (Å²) in [4.78, 5) is 11.4. The molecule has 0 aliphatic carbocycles. The zero-order chi connectivity index (χ0) is 12.3. The first-order valence-corrected chi connectivity index (χ1v) is 6.37. The number of amides is 1. The first-order chi connectivity index (χ1) is 8.33. The topological polar surface area (TPSA) is 59.6 Å². The summed E-state index contributed by atoms with van der Waals surface area (Å²) in [6.45, 7) is 4.24. The van der Waals surface area contributed by atoms with Gasteiger partial charge in [0, 0.05) is 33.4 Å². The average molecular weight is 281 g/mol. The fourth-order valence-corrected chi connectivity index (χ4v) is 1.89. The van der Waals surface area contributed by atoms with E-state index in [9.17, 15) is 4.79 Å². The highest BCUT2D eigenvalue weighted by molar-refractivity contribution is 5.85.